The fourth-order valence-electron chi connectivity index (χ4n) is 2.96. The van der Waals surface area contributed by atoms with Crippen molar-refractivity contribution in [1.29, 1.82) is 0 Å². The van der Waals surface area contributed by atoms with Crippen LogP contribution in [0.15, 0.2) is 36.4 Å². The van der Waals surface area contributed by atoms with Crippen LogP contribution in [-0.2, 0) is 5.41 Å². The van der Waals surface area contributed by atoms with Gasteiger partial charge >= 0.3 is 0 Å². The molecular formula is C17H21I. The Kier molecular flexibility index (Phi) is 3.72. The molecule has 18 heavy (non-hydrogen) atoms. The number of hydrogen-bond donors (Lipinski definition) is 0. The third-order valence-electron chi connectivity index (χ3n) is 4.33. The summed E-state index contributed by atoms with van der Waals surface area (Å²) in [5.74, 6) is 0.530. The quantitative estimate of drug-likeness (QED) is 0.482. The number of hydrogen-bond acceptors (Lipinski definition) is 0. The van der Waals surface area contributed by atoms with Crippen LogP contribution >= 0.6 is 22.6 Å². The van der Waals surface area contributed by atoms with Crippen LogP contribution in [0.4, 0.5) is 0 Å². The second-order valence-corrected chi connectivity index (χ2v) is 7.07. The zero-order valence-electron chi connectivity index (χ0n) is 11.7. The normalized spacial score (nSPS) is 22.2. The second-order valence-electron chi connectivity index (χ2n) is 5.83. The zero-order chi connectivity index (χ0) is 13.5. The van der Waals surface area contributed by atoms with Gasteiger partial charge in [-0.15, -0.1) is 0 Å². The first-order chi connectivity index (χ1) is 8.37. The first kappa shape index (κ1) is 13.9. The van der Waals surface area contributed by atoms with E-state index in [1.165, 1.54) is 25.8 Å². The highest BCUT2D eigenvalue weighted by molar-refractivity contribution is 14.1. The summed E-state index contributed by atoms with van der Waals surface area (Å²) in [4.78, 5) is 0. The molecular weight excluding hydrogens is 331 g/mol. The van der Waals surface area contributed by atoms with Gasteiger partial charge in [0, 0.05) is 3.57 Å². The predicted molar refractivity (Wildman–Crippen MR) is 88.8 cm³/mol. The summed E-state index contributed by atoms with van der Waals surface area (Å²) in [5.41, 5.74) is 5.80. The average Bonchev–Trinajstić information content (AvgIpc) is 2.50. The minimum absolute atomic E-state index is 0.192. The third-order valence-corrected chi connectivity index (χ3v) is 5.00. The van der Waals surface area contributed by atoms with Crippen molar-refractivity contribution < 1.29 is 0 Å². The molecule has 1 atom stereocenters. The van der Waals surface area contributed by atoms with Gasteiger partial charge in [0.05, 0.1) is 0 Å². The Morgan fingerprint density at radius 2 is 2.11 bits per heavy atom. The van der Waals surface area contributed by atoms with Crippen LogP contribution in [-0.4, -0.2) is 0 Å². The Morgan fingerprint density at radius 1 is 1.44 bits per heavy atom. The molecule has 0 radical (unpaired) electrons. The third kappa shape index (κ3) is 2.18. The lowest BCUT2D eigenvalue weighted by molar-refractivity contribution is 0.410. The van der Waals surface area contributed by atoms with Gasteiger partial charge in [0.1, 0.15) is 0 Å². The summed E-state index contributed by atoms with van der Waals surface area (Å²) in [6.07, 6.45) is 3.34. The number of halogens is 1. The van der Waals surface area contributed by atoms with Gasteiger partial charge in [-0.1, -0.05) is 38.1 Å². The maximum Gasteiger partial charge on any atom is 0.0133 e. The van der Waals surface area contributed by atoms with Crippen LogP contribution in [0.1, 0.15) is 45.2 Å². The molecule has 1 aromatic rings. The molecule has 0 fully saturated rings. The van der Waals surface area contributed by atoms with E-state index >= 15 is 0 Å². The highest BCUT2D eigenvalue weighted by Gasteiger charge is 2.41. The molecule has 0 saturated carbocycles. The molecule has 1 aliphatic carbocycles. The van der Waals surface area contributed by atoms with E-state index in [-0.39, 0.29) is 5.41 Å². The number of rotatable bonds is 2. The molecule has 0 N–H and O–H groups in total. The lowest BCUT2D eigenvalue weighted by Crippen LogP contribution is -2.23. The molecule has 1 aromatic carbocycles. The highest BCUT2D eigenvalue weighted by atomic mass is 127. The van der Waals surface area contributed by atoms with E-state index in [4.69, 9.17) is 0 Å². The fourth-order valence-corrected chi connectivity index (χ4v) is 3.45. The van der Waals surface area contributed by atoms with Crippen molar-refractivity contribution in [2.45, 2.75) is 39.5 Å². The minimum Gasteiger partial charge on any atom is -0.0949 e. The van der Waals surface area contributed by atoms with Crippen LogP contribution in [0.25, 0.3) is 5.57 Å². The molecule has 0 aromatic heterocycles. The molecule has 1 heteroatoms. The largest absolute Gasteiger partial charge is 0.0949 e. The lowest BCUT2D eigenvalue weighted by atomic mass is 9.75. The van der Waals surface area contributed by atoms with E-state index in [2.05, 4.69) is 81.1 Å². The molecule has 0 aliphatic heterocycles. The molecule has 0 heterocycles. The summed E-state index contributed by atoms with van der Waals surface area (Å²) in [7, 11) is 0. The Hall–Kier alpha value is -0.570. The van der Waals surface area contributed by atoms with Crippen molar-refractivity contribution in [3.8, 4) is 0 Å². The standard InChI is InChI=1S/C17H21I/c1-6-11(2)9-15-12(3)14-8-7-13(18)10-16(14)17(15,4)5/h6-8,10,15H,3,9H2,1-2,4-5H3/b11-6-. The smallest absolute Gasteiger partial charge is 0.0133 e. The van der Waals surface area contributed by atoms with Crippen molar-refractivity contribution >= 4 is 28.2 Å². The predicted octanol–water partition coefficient (Wildman–Crippen LogP) is 5.57. The SMILES string of the molecule is C=C1c2ccc(I)cc2C(C)(C)C1C/C(C)=C\C. The lowest BCUT2D eigenvalue weighted by Gasteiger charge is -2.29. The van der Waals surface area contributed by atoms with Crippen LogP contribution < -0.4 is 0 Å². The van der Waals surface area contributed by atoms with Gasteiger partial charge in [-0.3, -0.25) is 0 Å². The summed E-state index contributed by atoms with van der Waals surface area (Å²) in [6.45, 7) is 13.4. The summed E-state index contributed by atoms with van der Waals surface area (Å²) in [5, 5.41) is 0. The Morgan fingerprint density at radius 3 is 2.72 bits per heavy atom. The van der Waals surface area contributed by atoms with E-state index in [9.17, 15) is 0 Å². The van der Waals surface area contributed by atoms with Gasteiger partial charge in [-0.2, -0.15) is 0 Å². The average molecular weight is 352 g/mol. The topological polar surface area (TPSA) is 0 Å². The summed E-state index contributed by atoms with van der Waals surface area (Å²) in [6, 6.07) is 6.75. The monoisotopic (exact) mass is 352 g/mol. The molecule has 1 aliphatic rings. The van der Waals surface area contributed by atoms with Crippen LogP contribution in [0.3, 0.4) is 0 Å². The van der Waals surface area contributed by atoms with Crippen molar-refractivity contribution in [1.82, 2.24) is 0 Å². The van der Waals surface area contributed by atoms with Gasteiger partial charge in [-0.05, 0) is 83.0 Å². The highest BCUT2D eigenvalue weighted by Crippen LogP contribution is 2.51. The Labute approximate surface area is 124 Å². The van der Waals surface area contributed by atoms with Gasteiger partial charge in [-0.25, -0.2) is 0 Å². The second kappa shape index (κ2) is 4.84. The van der Waals surface area contributed by atoms with Crippen molar-refractivity contribution in [2.75, 3.05) is 0 Å². The van der Waals surface area contributed by atoms with Gasteiger partial charge in [0.25, 0.3) is 0 Å². The summed E-state index contributed by atoms with van der Waals surface area (Å²) >= 11 is 2.40. The first-order valence-electron chi connectivity index (χ1n) is 6.49. The van der Waals surface area contributed by atoms with E-state index in [0.29, 0.717) is 5.92 Å². The Bertz CT molecular complexity index is 520. The van der Waals surface area contributed by atoms with Crippen molar-refractivity contribution in [2.24, 2.45) is 5.92 Å². The van der Waals surface area contributed by atoms with E-state index < -0.39 is 0 Å². The van der Waals surface area contributed by atoms with Crippen LogP contribution in [0.2, 0.25) is 0 Å². The first-order valence-corrected chi connectivity index (χ1v) is 7.56. The van der Waals surface area contributed by atoms with Crippen molar-refractivity contribution in [3.63, 3.8) is 0 Å². The molecule has 1 unspecified atom stereocenters. The minimum atomic E-state index is 0.192. The maximum absolute atomic E-state index is 4.36. The molecule has 0 nitrogen and oxygen atoms in total. The number of fused-ring (bicyclic) bond motifs is 1. The number of allylic oxidation sites excluding steroid dienone is 3. The Balaban J connectivity index is 2.47. The van der Waals surface area contributed by atoms with E-state index in [1.807, 2.05) is 0 Å². The molecule has 2 rings (SSSR count). The number of benzene rings is 1. The molecule has 0 saturated heterocycles. The summed E-state index contributed by atoms with van der Waals surface area (Å²) < 4.78 is 1.32. The molecule has 0 spiro atoms. The van der Waals surface area contributed by atoms with Gasteiger partial charge in [0.15, 0.2) is 0 Å². The maximum atomic E-state index is 4.36. The van der Waals surface area contributed by atoms with E-state index in [1.54, 1.807) is 0 Å². The molecule has 0 amide bonds. The van der Waals surface area contributed by atoms with E-state index in [0.717, 1.165) is 6.42 Å². The zero-order valence-corrected chi connectivity index (χ0v) is 13.8. The molecule has 0 bridgehead atoms. The van der Waals surface area contributed by atoms with Crippen LogP contribution in [0, 0.1) is 9.49 Å². The van der Waals surface area contributed by atoms with Gasteiger partial charge in [0.2, 0.25) is 0 Å². The molecule has 96 valence electrons. The fraction of sp³-hybridized carbons (Fsp3) is 0.412. The van der Waals surface area contributed by atoms with Crippen molar-refractivity contribution in [3.05, 3.63) is 51.1 Å². The van der Waals surface area contributed by atoms with Crippen LogP contribution in [0.5, 0.6) is 0 Å². The van der Waals surface area contributed by atoms with Gasteiger partial charge < -0.3 is 0 Å².